The average molecular weight is 298 g/mol. The van der Waals surface area contributed by atoms with E-state index in [4.69, 9.17) is 0 Å². The molecule has 3 rings (SSSR count). The van der Waals surface area contributed by atoms with Gasteiger partial charge in [0.15, 0.2) is 0 Å². The third-order valence-electron chi connectivity index (χ3n) is 3.94. The molecule has 1 aliphatic heterocycles. The van der Waals surface area contributed by atoms with Crippen LogP contribution in [-0.2, 0) is 6.42 Å². The van der Waals surface area contributed by atoms with Gasteiger partial charge in [-0.1, -0.05) is 0 Å². The van der Waals surface area contributed by atoms with Crippen LogP contribution in [0.1, 0.15) is 21.7 Å². The highest BCUT2D eigenvalue weighted by Crippen LogP contribution is 2.22. The Morgan fingerprint density at radius 2 is 2.14 bits per heavy atom. The van der Waals surface area contributed by atoms with Crippen LogP contribution in [0.25, 0.3) is 0 Å². The number of pyridine rings is 1. The molecule has 2 aromatic heterocycles. The third kappa shape index (κ3) is 3.12. The number of hydrogen-bond acceptors (Lipinski definition) is 5. The maximum atomic E-state index is 12.4. The van der Waals surface area contributed by atoms with Gasteiger partial charge in [-0.25, -0.2) is 0 Å². The smallest absolute Gasteiger partial charge is 0.255 e. The lowest BCUT2D eigenvalue weighted by Gasteiger charge is -2.16. The van der Waals surface area contributed by atoms with Crippen molar-refractivity contribution in [2.75, 3.05) is 13.1 Å². The second kappa shape index (κ2) is 6.19. The molecule has 0 bridgehead atoms. The van der Waals surface area contributed by atoms with Gasteiger partial charge in [-0.2, -0.15) is 0 Å². The van der Waals surface area contributed by atoms with Gasteiger partial charge in [0.25, 0.3) is 5.91 Å². The summed E-state index contributed by atoms with van der Waals surface area (Å²) in [7, 11) is 0. The van der Waals surface area contributed by atoms with Crippen molar-refractivity contribution in [2.45, 2.75) is 19.4 Å². The molecule has 0 unspecified atom stereocenters. The molecular formula is C16H18N4O2. The molecule has 0 aliphatic carbocycles. The number of β-amino-alcohol motifs (C(OH)–C–C–N with tert-alkyl or cyclic N) is 1. The minimum Gasteiger partial charge on any atom is -0.391 e. The van der Waals surface area contributed by atoms with Crippen LogP contribution in [0.2, 0.25) is 0 Å². The number of hydrogen-bond donors (Lipinski definition) is 1. The Kier molecular flexibility index (Phi) is 4.11. The van der Waals surface area contributed by atoms with E-state index in [0.717, 1.165) is 11.4 Å². The van der Waals surface area contributed by atoms with Crippen molar-refractivity contribution in [3.05, 3.63) is 53.9 Å². The molecule has 0 radical (unpaired) electrons. The van der Waals surface area contributed by atoms with Gasteiger partial charge in [0.05, 0.1) is 17.4 Å². The maximum absolute atomic E-state index is 12.4. The van der Waals surface area contributed by atoms with Crippen LogP contribution >= 0.6 is 0 Å². The highest BCUT2D eigenvalue weighted by atomic mass is 16.3. The van der Waals surface area contributed by atoms with E-state index < -0.39 is 6.10 Å². The molecule has 0 saturated carbocycles. The molecular weight excluding hydrogens is 280 g/mol. The van der Waals surface area contributed by atoms with E-state index in [1.165, 1.54) is 0 Å². The Morgan fingerprint density at radius 3 is 2.82 bits per heavy atom. The zero-order valence-corrected chi connectivity index (χ0v) is 12.4. The van der Waals surface area contributed by atoms with Gasteiger partial charge in [0.2, 0.25) is 0 Å². The minimum atomic E-state index is -0.538. The Labute approximate surface area is 128 Å². The molecule has 6 heteroatoms. The fraction of sp³-hybridized carbons (Fsp3) is 0.375. The topological polar surface area (TPSA) is 79.2 Å². The van der Waals surface area contributed by atoms with Crippen LogP contribution in [0.5, 0.6) is 0 Å². The first-order chi connectivity index (χ1) is 10.6. The Hall–Kier alpha value is -2.34. The summed E-state index contributed by atoms with van der Waals surface area (Å²) in [6, 6.07) is 3.59. The largest absolute Gasteiger partial charge is 0.391 e. The second-order valence-corrected chi connectivity index (χ2v) is 5.63. The number of aryl methyl sites for hydroxylation is 1. The lowest BCUT2D eigenvalue weighted by molar-refractivity contribution is 0.0764. The first kappa shape index (κ1) is 14.6. The van der Waals surface area contributed by atoms with E-state index in [0.29, 0.717) is 25.1 Å². The standard InChI is InChI=1S/C16H18N4O2/c1-11-2-3-12(7-19-11)16(22)20-9-13(15(21)10-20)6-14-8-17-4-5-18-14/h2-5,7-8,13,15,21H,6,9-10H2,1H3/t13-,15-/m1/s1. The van der Waals surface area contributed by atoms with E-state index in [-0.39, 0.29) is 11.8 Å². The average Bonchev–Trinajstić information content (AvgIpc) is 2.89. The Bertz CT molecular complexity index is 645. The predicted octanol–water partition coefficient (Wildman–Crippen LogP) is 0.856. The second-order valence-electron chi connectivity index (χ2n) is 5.63. The summed E-state index contributed by atoms with van der Waals surface area (Å²) < 4.78 is 0. The molecule has 1 saturated heterocycles. The van der Waals surface area contributed by atoms with Crippen LogP contribution in [0.3, 0.4) is 0 Å². The molecule has 6 nitrogen and oxygen atoms in total. The number of carbonyl (C=O) groups excluding carboxylic acids is 1. The SMILES string of the molecule is Cc1ccc(C(=O)N2C[C@@H](Cc3cnccn3)[C@H](O)C2)cn1. The van der Waals surface area contributed by atoms with E-state index in [1.54, 1.807) is 35.8 Å². The summed E-state index contributed by atoms with van der Waals surface area (Å²) >= 11 is 0. The van der Waals surface area contributed by atoms with Crippen LogP contribution in [0.15, 0.2) is 36.9 Å². The number of likely N-dealkylation sites (tertiary alicyclic amines) is 1. The van der Waals surface area contributed by atoms with Gasteiger partial charge in [0, 0.05) is 49.5 Å². The van der Waals surface area contributed by atoms with Crippen molar-refractivity contribution < 1.29 is 9.90 Å². The van der Waals surface area contributed by atoms with Gasteiger partial charge in [0.1, 0.15) is 0 Å². The zero-order chi connectivity index (χ0) is 15.5. The molecule has 2 atom stereocenters. The van der Waals surface area contributed by atoms with Crippen molar-refractivity contribution in [3.8, 4) is 0 Å². The van der Waals surface area contributed by atoms with Gasteiger partial charge in [-0.15, -0.1) is 0 Å². The number of nitrogens with zero attached hydrogens (tertiary/aromatic N) is 4. The summed E-state index contributed by atoms with van der Waals surface area (Å²) in [6.07, 6.45) is 6.61. The molecule has 1 N–H and O–H groups in total. The van der Waals surface area contributed by atoms with Crippen molar-refractivity contribution >= 4 is 5.91 Å². The van der Waals surface area contributed by atoms with Crippen LogP contribution in [0.4, 0.5) is 0 Å². The molecule has 0 aromatic carbocycles. The lowest BCUT2D eigenvalue weighted by Crippen LogP contribution is -2.29. The number of carbonyl (C=O) groups is 1. The van der Waals surface area contributed by atoms with Crippen LogP contribution < -0.4 is 0 Å². The quantitative estimate of drug-likeness (QED) is 0.909. The number of amides is 1. The highest BCUT2D eigenvalue weighted by molar-refractivity contribution is 5.94. The van der Waals surface area contributed by atoms with E-state index in [2.05, 4.69) is 15.0 Å². The fourth-order valence-corrected chi connectivity index (χ4v) is 2.70. The third-order valence-corrected chi connectivity index (χ3v) is 3.94. The molecule has 22 heavy (non-hydrogen) atoms. The molecule has 1 amide bonds. The van der Waals surface area contributed by atoms with Crippen LogP contribution in [0, 0.1) is 12.8 Å². The number of rotatable bonds is 3. The van der Waals surface area contributed by atoms with E-state index in [9.17, 15) is 9.90 Å². The molecule has 2 aromatic rings. The summed E-state index contributed by atoms with van der Waals surface area (Å²) in [5.41, 5.74) is 2.26. The minimum absolute atomic E-state index is 0.0148. The Morgan fingerprint density at radius 1 is 1.27 bits per heavy atom. The van der Waals surface area contributed by atoms with E-state index in [1.807, 2.05) is 13.0 Å². The van der Waals surface area contributed by atoms with Gasteiger partial charge >= 0.3 is 0 Å². The van der Waals surface area contributed by atoms with Crippen molar-refractivity contribution in [3.63, 3.8) is 0 Å². The lowest BCUT2D eigenvalue weighted by atomic mass is 10.0. The number of aliphatic hydroxyl groups excluding tert-OH is 1. The molecule has 3 heterocycles. The zero-order valence-electron chi connectivity index (χ0n) is 12.4. The predicted molar refractivity (Wildman–Crippen MR) is 80.1 cm³/mol. The molecule has 1 aliphatic rings. The van der Waals surface area contributed by atoms with Crippen LogP contribution in [-0.4, -0.2) is 50.1 Å². The molecule has 114 valence electrons. The number of aliphatic hydroxyl groups is 1. The van der Waals surface area contributed by atoms with Gasteiger partial charge < -0.3 is 10.0 Å². The monoisotopic (exact) mass is 298 g/mol. The van der Waals surface area contributed by atoms with Gasteiger partial charge in [-0.05, 0) is 25.5 Å². The summed E-state index contributed by atoms with van der Waals surface area (Å²) in [6.45, 7) is 2.74. The first-order valence-corrected chi connectivity index (χ1v) is 7.28. The van der Waals surface area contributed by atoms with Crippen molar-refractivity contribution in [1.82, 2.24) is 19.9 Å². The van der Waals surface area contributed by atoms with E-state index >= 15 is 0 Å². The fourth-order valence-electron chi connectivity index (χ4n) is 2.70. The van der Waals surface area contributed by atoms with Crippen molar-refractivity contribution in [1.29, 1.82) is 0 Å². The Balaban J connectivity index is 1.67. The summed E-state index contributed by atoms with van der Waals surface area (Å²) in [5.74, 6) is -0.104. The summed E-state index contributed by atoms with van der Waals surface area (Å²) in [4.78, 5) is 26.5. The normalized spacial score (nSPS) is 21.1. The molecule has 1 fully saturated rings. The number of aromatic nitrogens is 3. The maximum Gasteiger partial charge on any atom is 0.255 e. The van der Waals surface area contributed by atoms with Gasteiger partial charge in [-0.3, -0.25) is 19.7 Å². The highest BCUT2D eigenvalue weighted by Gasteiger charge is 2.34. The van der Waals surface area contributed by atoms with Crippen molar-refractivity contribution in [2.24, 2.45) is 5.92 Å². The summed E-state index contributed by atoms with van der Waals surface area (Å²) in [5, 5.41) is 10.2. The first-order valence-electron chi connectivity index (χ1n) is 7.28. The molecule has 0 spiro atoms.